The number of hydrogen-bond donors (Lipinski definition) is 2. The van der Waals surface area contributed by atoms with E-state index in [0.717, 1.165) is 35.0 Å². The molecule has 148 valence electrons. The number of nitrogens with zero attached hydrogens (tertiary/aromatic N) is 2. The first-order chi connectivity index (χ1) is 13.2. The summed E-state index contributed by atoms with van der Waals surface area (Å²) in [5.41, 5.74) is 8.89. The fraction of sp³-hybridized carbons (Fsp3) is 0.478. The highest BCUT2D eigenvalue weighted by molar-refractivity contribution is 6.06. The lowest BCUT2D eigenvalue weighted by molar-refractivity contribution is -0.149. The van der Waals surface area contributed by atoms with E-state index in [-0.39, 0.29) is 23.0 Å². The van der Waals surface area contributed by atoms with Crippen LogP contribution >= 0.6 is 0 Å². The fourth-order valence-corrected chi connectivity index (χ4v) is 5.31. The van der Waals surface area contributed by atoms with Crippen molar-refractivity contribution in [3.63, 3.8) is 0 Å². The molecule has 3 N–H and O–H groups in total. The Kier molecular flexibility index (Phi) is 4.46. The van der Waals surface area contributed by atoms with Crippen molar-refractivity contribution in [1.82, 2.24) is 14.9 Å². The zero-order chi connectivity index (χ0) is 20.1. The third-order valence-corrected chi connectivity index (χ3v) is 6.03. The first-order valence-corrected chi connectivity index (χ1v) is 10.1. The Morgan fingerprint density at radius 2 is 1.82 bits per heavy atom. The Hall–Kier alpha value is -2.40. The molecule has 1 aromatic carbocycles. The Balaban J connectivity index is 1.55. The molecule has 0 spiro atoms. The molecule has 1 aliphatic heterocycles. The first kappa shape index (κ1) is 18.9. The normalized spacial score (nSPS) is 19.4. The summed E-state index contributed by atoms with van der Waals surface area (Å²) in [6.45, 7) is 8.51. The molecular weight excluding hydrogens is 348 g/mol. The molecule has 0 saturated carbocycles. The highest BCUT2D eigenvalue weighted by atomic mass is 16.2. The van der Waals surface area contributed by atoms with E-state index < -0.39 is 0 Å². The quantitative estimate of drug-likeness (QED) is 0.719. The predicted molar refractivity (Wildman–Crippen MR) is 114 cm³/mol. The number of para-hydroxylation sites is 1. The van der Waals surface area contributed by atoms with Crippen molar-refractivity contribution < 1.29 is 4.79 Å². The number of fused-ring (bicyclic) bond motifs is 3. The topological polar surface area (TPSA) is 75.0 Å². The van der Waals surface area contributed by atoms with Crippen LogP contribution in [0.25, 0.3) is 21.8 Å². The number of amides is 1. The molecule has 5 heteroatoms. The van der Waals surface area contributed by atoms with Gasteiger partial charge in [-0.1, -0.05) is 18.2 Å². The van der Waals surface area contributed by atoms with Gasteiger partial charge in [0.1, 0.15) is 0 Å². The van der Waals surface area contributed by atoms with E-state index in [4.69, 9.17) is 5.73 Å². The fourth-order valence-electron chi connectivity index (χ4n) is 5.31. The summed E-state index contributed by atoms with van der Waals surface area (Å²) in [6, 6.07) is 10.5. The lowest BCUT2D eigenvalue weighted by Crippen LogP contribution is -2.65. The van der Waals surface area contributed by atoms with E-state index in [0.29, 0.717) is 12.8 Å². The number of pyridine rings is 1. The second-order valence-corrected chi connectivity index (χ2v) is 9.41. The van der Waals surface area contributed by atoms with Gasteiger partial charge in [-0.15, -0.1) is 0 Å². The number of H-pyrrole nitrogens is 1. The maximum atomic E-state index is 13.2. The first-order valence-electron chi connectivity index (χ1n) is 10.1. The van der Waals surface area contributed by atoms with Gasteiger partial charge in [0.15, 0.2) is 0 Å². The smallest absolute Gasteiger partial charge is 0.223 e. The van der Waals surface area contributed by atoms with Gasteiger partial charge in [-0.2, -0.15) is 0 Å². The number of aryl methyl sites for hydroxylation is 1. The van der Waals surface area contributed by atoms with Crippen LogP contribution in [0.5, 0.6) is 0 Å². The molecule has 3 heterocycles. The number of rotatable bonds is 3. The van der Waals surface area contributed by atoms with Gasteiger partial charge < -0.3 is 15.6 Å². The Morgan fingerprint density at radius 3 is 2.54 bits per heavy atom. The molecule has 4 rings (SSSR count). The molecule has 2 aromatic heterocycles. The van der Waals surface area contributed by atoms with Gasteiger partial charge in [-0.3, -0.25) is 9.78 Å². The van der Waals surface area contributed by atoms with E-state index >= 15 is 0 Å². The van der Waals surface area contributed by atoms with Gasteiger partial charge in [0.2, 0.25) is 5.91 Å². The summed E-state index contributed by atoms with van der Waals surface area (Å²) in [5.74, 6) is 0.183. The monoisotopic (exact) mass is 378 g/mol. The average Bonchev–Trinajstić information content (AvgIpc) is 2.95. The van der Waals surface area contributed by atoms with Crippen LogP contribution in [0.3, 0.4) is 0 Å². The number of nitrogens with one attached hydrogen (secondary N) is 1. The molecule has 0 bridgehead atoms. The van der Waals surface area contributed by atoms with Crippen molar-refractivity contribution in [3.8, 4) is 0 Å². The van der Waals surface area contributed by atoms with Crippen molar-refractivity contribution in [1.29, 1.82) is 0 Å². The number of carbonyl (C=O) groups is 1. The molecule has 0 radical (unpaired) electrons. The number of likely N-dealkylation sites (tertiary alicyclic amines) is 1. The van der Waals surface area contributed by atoms with Gasteiger partial charge in [0.25, 0.3) is 0 Å². The summed E-state index contributed by atoms with van der Waals surface area (Å²) >= 11 is 0. The lowest BCUT2D eigenvalue weighted by Gasteiger charge is -2.54. The minimum absolute atomic E-state index is 0.139. The van der Waals surface area contributed by atoms with Crippen LogP contribution in [0, 0.1) is 0 Å². The van der Waals surface area contributed by atoms with Crippen LogP contribution in [0.15, 0.2) is 36.5 Å². The standard InChI is InChI=1S/C23H30N4O/c1-22(2)12-15(24)13-23(3,4)27(22)21(28)10-9-16-11-18-17-7-5-6-8-19(17)26-20(18)14-25-16/h5-8,11,14-15,26H,9-10,12-13,24H2,1-4H3. The maximum absolute atomic E-state index is 13.2. The summed E-state index contributed by atoms with van der Waals surface area (Å²) in [7, 11) is 0. The zero-order valence-corrected chi connectivity index (χ0v) is 17.2. The molecule has 5 nitrogen and oxygen atoms in total. The second-order valence-electron chi connectivity index (χ2n) is 9.41. The van der Waals surface area contributed by atoms with Crippen LogP contribution in [0.2, 0.25) is 0 Å². The number of nitrogens with two attached hydrogens (primary N) is 1. The lowest BCUT2D eigenvalue weighted by atomic mass is 9.77. The summed E-state index contributed by atoms with van der Waals surface area (Å²) in [5, 5.41) is 2.36. The van der Waals surface area contributed by atoms with E-state index in [2.05, 4.69) is 60.8 Å². The van der Waals surface area contributed by atoms with E-state index in [1.54, 1.807) is 0 Å². The van der Waals surface area contributed by atoms with E-state index in [9.17, 15) is 4.79 Å². The third kappa shape index (κ3) is 3.28. The zero-order valence-electron chi connectivity index (χ0n) is 17.2. The minimum atomic E-state index is -0.230. The molecule has 0 aliphatic carbocycles. The summed E-state index contributed by atoms with van der Waals surface area (Å²) in [6.07, 6.45) is 4.65. The number of carbonyl (C=O) groups excluding carboxylic acids is 1. The van der Waals surface area contributed by atoms with Crippen LogP contribution in [0.4, 0.5) is 0 Å². The number of aromatic amines is 1. The molecule has 1 saturated heterocycles. The van der Waals surface area contributed by atoms with Crippen LogP contribution in [-0.4, -0.2) is 37.9 Å². The number of aromatic nitrogens is 2. The molecule has 0 unspecified atom stereocenters. The van der Waals surface area contributed by atoms with Crippen LogP contribution in [0.1, 0.15) is 52.7 Å². The van der Waals surface area contributed by atoms with Gasteiger partial charge in [-0.25, -0.2) is 0 Å². The largest absolute Gasteiger partial charge is 0.353 e. The van der Waals surface area contributed by atoms with E-state index in [1.165, 1.54) is 5.39 Å². The van der Waals surface area contributed by atoms with Gasteiger partial charge >= 0.3 is 0 Å². The van der Waals surface area contributed by atoms with Crippen molar-refractivity contribution >= 4 is 27.7 Å². The van der Waals surface area contributed by atoms with Crippen molar-refractivity contribution in [3.05, 3.63) is 42.2 Å². The molecular formula is C23H30N4O. The number of hydrogen-bond acceptors (Lipinski definition) is 3. The second kappa shape index (κ2) is 6.59. The molecule has 1 fully saturated rings. The maximum Gasteiger partial charge on any atom is 0.223 e. The Morgan fingerprint density at radius 1 is 1.14 bits per heavy atom. The van der Waals surface area contributed by atoms with Crippen molar-refractivity contribution in [2.45, 2.75) is 70.5 Å². The van der Waals surface area contributed by atoms with Gasteiger partial charge in [-0.05, 0) is 59.1 Å². The molecule has 28 heavy (non-hydrogen) atoms. The molecule has 0 atom stereocenters. The third-order valence-electron chi connectivity index (χ3n) is 6.03. The van der Waals surface area contributed by atoms with Gasteiger partial charge in [0.05, 0.1) is 11.7 Å². The Labute approximate surface area is 166 Å². The highest BCUT2D eigenvalue weighted by Gasteiger charge is 2.46. The van der Waals surface area contributed by atoms with E-state index in [1.807, 2.05) is 18.3 Å². The summed E-state index contributed by atoms with van der Waals surface area (Å²) < 4.78 is 0. The van der Waals surface area contributed by atoms with Gasteiger partial charge in [0, 0.05) is 45.5 Å². The Bertz CT molecular complexity index is 1020. The highest BCUT2D eigenvalue weighted by Crippen LogP contribution is 2.38. The van der Waals surface area contributed by atoms with Crippen molar-refractivity contribution in [2.75, 3.05) is 0 Å². The summed E-state index contributed by atoms with van der Waals surface area (Å²) in [4.78, 5) is 23.2. The molecule has 1 amide bonds. The van der Waals surface area contributed by atoms with Crippen LogP contribution in [-0.2, 0) is 11.2 Å². The molecule has 1 aliphatic rings. The minimum Gasteiger partial charge on any atom is -0.353 e. The molecule has 3 aromatic rings. The number of benzene rings is 1. The number of piperidine rings is 1. The average molecular weight is 379 g/mol. The van der Waals surface area contributed by atoms with Crippen LogP contribution < -0.4 is 5.73 Å². The SMILES string of the molecule is CC1(C)CC(N)CC(C)(C)N1C(=O)CCc1cc2c(cn1)[nH]c1ccccc12. The predicted octanol–water partition coefficient (Wildman–Crippen LogP) is 4.16. The van der Waals surface area contributed by atoms with Crippen molar-refractivity contribution in [2.24, 2.45) is 5.73 Å².